The highest BCUT2D eigenvalue weighted by atomic mass is 35.5. The Hall–Kier alpha value is -3.78. The number of hydrogen-bond donors (Lipinski definition) is 1. The number of ether oxygens (including phenoxy) is 2. The molecule has 188 valence electrons. The minimum Gasteiger partial charge on any atom is -0.507 e. The van der Waals surface area contributed by atoms with Crippen molar-refractivity contribution in [2.24, 2.45) is 5.92 Å². The summed E-state index contributed by atoms with van der Waals surface area (Å²) >= 11 is 5.99. The first kappa shape index (κ1) is 25.3. The molecule has 0 spiro atoms. The van der Waals surface area contributed by atoms with Crippen LogP contribution in [-0.4, -0.2) is 35.7 Å². The number of carbonyl (C=O) groups is 2. The molecule has 1 N–H and O–H groups in total. The summed E-state index contributed by atoms with van der Waals surface area (Å²) in [7, 11) is 1.51. The largest absolute Gasteiger partial charge is 0.507 e. The number of carbonyl (C=O) groups excluding carboxylic acids is 2. The zero-order valence-corrected chi connectivity index (χ0v) is 21.2. The molecule has 1 aliphatic heterocycles. The highest BCUT2D eigenvalue weighted by Crippen LogP contribution is 2.44. The van der Waals surface area contributed by atoms with Crippen molar-refractivity contribution in [2.45, 2.75) is 33.2 Å². The van der Waals surface area contributed by atoms with Crippen molar-refractivity contribution in [3.05, 3.63) is 76.0 Å². The summed E-state index contributed by atoms with van der Waals surface area (Å²) in [4.78, 5) is 27.7. The zero-order chi connectivity index (χ0) is 26.0. The molecule has 4 rings (SSSR count). The van der Waals surface area contributed by atoms with Gasteiger partial charge in [0.15, 0.2) is 17.3 Å². The normalized spacial score (nSPS) is 17.2. The number of aliphatic hydroxyl groups is 1. The van der Waals surface area contributed by atoms with E-state index in [1.165, 1.54) is 12.0 Å². The van der Waals surface area contributed by atoms with E-state index in [0.717, 1.165) is 6.42 Å². The molecule has 36 heavy (non-hydrogen) atoms. The topological polar surface area (TPSA) is 102 Å². The van der Waals surface area contributed by atoms with E-state index < -0.39 is 17.7 Å². The van der Waals surface area contributed by atoms with Crippen LogP contribution in [0.4, 0.5) is 5.82 Å². The Balaban J connectivity index is 1.84. The molecule has 1 aliphatic rings. The van der Waals surface area contributed by atoms with Gasteiger partial charge in [-0.25, -0.2) is 0 Å². The van der Waals surface area contributed by atoms with Crippen molar-refractivity contribution >= 4 is 34.9 Å². The van der Waals surface area contributed by atoms with Crippen LogP contribution < -0.4 is 14.4 Å². The average Bonchev–Trinajstić information content (AvgIpc) is 3.39. The van der Waals surface area contributed by atoms with Crippen LogP contribution >= 0.6 is 11.6 Å². The van der Waals surface area contributed by atoms with Crippen LogP contribution in [0.15, 0.2) is 58.6 Å². The van der Waals surface area contributed by atoms with Crippen LogP contribution in [0.1, 0.15) is 43.2 Å². The molecule has 3 aromatic rings. The average molecular weight is 511 g/mol. The fraction of sp³-hybridized carbons (Fsp3) is 0.296. The Morgan fingerprint density at radius 2 is 1.86 bits per heavy atom. The van der Waals surface area contributed by atoms with Gasteiger partial charge in [0.05, 0.1) is 25.3 Å². The molecule has 0 bridgehead atoms. The van der Waals surface area contributed by atoms with Crippen molar-refractivity contribution in [3.63, 3.8) is 0 Å². The van der Waals surface area contributed by atoms with E-state index >= 15 is 0 Å². The number of aliphatic hydroxyl groups excluding tert-OH is 1. The minimum atomic E-state index is -0.983. The first-order chi connectivity index (χ1) is 17.2. The summed E-state index contributed by atoms with van der Waals surface area (Å²) in [6.07, 6.45) is 0.873. The maximum Gasteiger partial charge on any atom is 0.301 e. The van der Waals surface area contributed by atoms with Crippen LogP contribution in [0.2, 0.25) is 5.02 Å². The summed E-state index contributed by atoms with van der Waals surface area (Å²) in [5, 5.41) is 15.6. The number of anilines is 1. The number of rotatable bonds is 8. The Morgan fingerprint density at radius 1 is 1.14 bits per heavy atom. The molecule has 1 amide bonds. The summed E-state index contributed by atoms with van der Waals surface area (Å²) in [5.41, 5.74) is 0.788. The fourth-order valence-corrected chi connectivity index (χ4v) is 4.12. The van der Waals surface area contributed by atoms with Gasteiger partial charge in [-0.2, -0.15) is 0 Å². The lowest BCUT2D eigenvalue weighted by Crippen LogP contribution is -2.29. The third-order valence-electron chi connectivity index (χ3n) is 5.88. The van der Waals surface area contributed by atoms with Crippen molar-refractivity contribution in [1.82, 2.24) is 5.16 Å². The van der Waals surface area contributed by atoms with Gasteiger partial charge in [0, 0.05) is 16.7 Å². The fourth-order valence-electron chi connectivity index (χ4n) is 3.99. The second-order valence-corrected chi connectivity index (χ2v) is 9.35. The van der Waals surface area contributed by atoms with Crippen molar-refractivity contribution in [1.29, 1.82) is 0 Å². The molecule has 1 aromatic heterocycles. The second-order valence-electron chi connectivity index (χ2n) is 8.91. The molecular weight excluding hydrogens is 484 g/mol. The lowest BCUT2D eigenvalue weighted by atomic mass is 9.95. The molecule has 0 radical (unpaired) electrons. The Labute approximate surface area is 214 Å². The van der Waals surface area contributed by atoms with Crippen LogP contribution in [0.25, 0.3) is 5.76 Å². The standard InChI is InChI=1S/C27H27ClN2O6/c1-15(2)11-12-35-20-10-7-18(14-21(20)34-4)24-23(25(31)17-5-8-19(28)9-6-17)26(32)27(33)30(24)22-13-16(3)36-29-22/h5-10,13-15,24,31H,11-12H2,1-4H3. The summed E-state index contributed by atoms with van der Waals surface area (Å²) in [5.74, 6) is 0.0754. The second kappa shape index (κ2) is 10.5. The number of methoxy groups -OCH3 is 1. The third-order valence-corrected chi connectivity index (χ3v) is 6.13. The SMILES string of the molecule is COc1cc(C2C(=C(O)c3ccc(Cl)cc3)C(=O)C(=O)N2c2cc(C)on2)ccc1OCCC(C)C. The monoisotopic (exact) mass is 510 g/mol. The van der Waals surface area contributed by atoms with Gasteiger partial charge >= 0.3 is 5.91 Å². The first-order valence-electron chi connectivity index (χ1n) is 11.5. The number of aromatic nitrogens is 1. The minimum absolute atomic E-state index is 0.0847. The molecule has 9 heteroatoms. The highest BCUT2D eigenvalue weighted by Gasteiger charge is 2.48. The number of Topliss-reactive ketones (excluding diaryl/α,β-unsaturated/α-hetero) is 1. The maximum atomic E-state index is 13.2. The molecule has 1 saturated heterocycles. The van der Waals surface area contributed by atoms with E-state index in [-0.39, 0.29) is 17.2 Å². The summed E-state index contributed by atoms with van der Waals surface area (Å²) in [6.45, 7) is 6.42. The van der Waals surface area contributed by atoms with Gasteiger partial charge in [0.1, 0.15) is 11.5 Å². The summed E-state index contributed by atoms with van der Waals surface area (Å²) < 4.78 is 16.6. The van der Waals surface area contributed by atoms with E-state index in [1.54, 1.807) is 55.5 Å². The van der Waals surface area contributed by atoms with E-state index in [0.29, 0.717) is 45.9 Å². The van der Waals surface area contributed by atoms with E-state index in [9.17, 15) is 14.7 Å². The smallest absolute Gasteiger partial charge is 0.301 e. The molecular formula is C27H27ClN2O6. The van der Waals surface area contributed by atoms with Gasteiger partial charge in [-0.1, -0.05) is 36.7 Å². The number of nitrogens with zero attached hydrogens (tertiary/aromatic N) is 2. The lowest BCUT2D eigenvalue weighted by Gasteiger charge is -2.24. The van der Waals surface area contributed by atoms with Crippen LogP contribution in [0.3, 0.4) is 0 Å². The van der Waals surface area contributed by atoms with Crippen LogP contribution in [0.5, 0.6) is 11.5 Å². The van der Waals surface area contributed by atoms with Gasteiger partial charge in [-0.3, -0.25) is 14.5 Å². The number of amides is 1. The van der Waals surface area contributed by atoms with Crippen LogP contribution in [0, 0.1) is 12.8 Å². The third kappa shape index (κ3) is 4.95. The zero-order valence-electron chi connectivity index (χ0n) is 20.4. The van der Waals surface area contributed by atoms with Gasteiger partial charge in [0.25, 0.3) is 5.78 Å². The Kier molecular flexibility index (Phi) is 7.35. The molecule has 0 saturated carbocycles. The van der Waals surface area contributed by atoms with Gasteiger partial charge < -0.3 is 19.1 Å². The highest BCUT2D eigenvalue weighted by molar-refractivity contribution is 6.51. The maximum absolute atomic E-state index is 13.2. The molecule has 2 heterocycles. The number of hydrogen-bond acceptors (Lipinski definition) is 7. The van der Waals surface area contributed by atoms with E-state index in [4.69, 9.17) is 25.6 Å². The predicted molar refractivity (Wildman–Crippen MR) is 135 cm³/mol. The molecule has 0 aliphatic carbocycles. The van der Waals surface area contributed by atoms with E-state index in [1.807, 2.05) is 0 Å². The van der Waals surface area contributed by atoms with Crippen molar-refractivity contribution in [2.75, 3.05) is 18.6 Å². The first-order valence-corrected chi connectivity index (χ1v) is 11.9. The van der Waals surface area contributed by atoms with E-state index in [2.05, 4.69) is 19.0 Å². The molecule has 1 atom stereocenters. The number of halogens is 1. The lowest BCUT2D eigenvalue weighted by molar-refractivity contribution is -0.132. The van der Waals surface area contributed by atoms with Crippen molar-refractivity contribution < 1.29 is 28.7 Å². The quantitative estimate of drug-likeness (QED) is 0.236. The number of benzene rings is 2. The molecule has 1 fully saturated rings. The Bertz CT molecular complexity index is 1310. The van der Waals surface area contributed by atoms with Crippen LogP contribution in [-0.2, 0) is 9.59 Å². The van der Waals surface area contributed by atoms with Gasteiger partial charge in [-0.15, -0.1) is 0 Å². The molecule has 8 nitrogen and oxygen atoms in total. The molecule has 2 aromatic carbocycles. The molecule has 1 unspecified atom stereocenters. The van der Waals surface area contributed by atoms with Gasteiger partial charge in [-0.05, 0) is 61.2 Å². The number of aryl methyl sites for hydroxylation is 1. The van der Waals surface area contributed by atoms with Crippen molar-refractivity contribution in [3.8, 4) is 11.5 Å². The Morgan fingerprint density at radius 3 is 2.47 bits per heavy atom. The van der Waals surface area contributed by atoms with Gasteiger partial charge in [0.2, 0.25) is 0 Å². The predicted octanol–water partition coefficient (Wildman–Crippen LogP) is 5.70. The summed E-state index contributed by atoms with van der Waals surface area (Å²) in [6, 6.07) is 12.1. The number of ketones is 1.